The van der Waals surface area contributed by atoms with Crippen molar-refractivity contribution in [1.29, 1.82) is 0 Å². The van der Waals surface area contributed by atoms with Crippen molar-refractivity contribution in [3.63, 3.8) is 0 Å². The van der Waals surface area contributed by atoms with Crippen molar-refractivity contribution in [3.8, 4) is 0 Å². The second kappa shape index (κ2) is 6.77. The topological polar surface area (TPSA) is 66.6 Å². The molecule has 114 valence electrons. The van der Waals surface area contributed by atoms with Crippen LogP contribution in [0, 0.1) is 0 Å². The van der Waals surface area contributed by atoms with Gasteiger partial charge >= 0.3 is 5.97 Å². The molecule has 1 heterocycles. The Morgan fingerprint density at radius 3 is 2.38 bits per heavy atom. The van der Waals surface area contributed by atoms with Crippen LogP contribution in [-0.2, 0) is 6.54 Å². The maximum Gasteiger partial charge on any atom is 0.335 e. The van der Waals surface area contributed by atoms with Gasteiger partial charge in [0.1, 0.15) is 0 Å². The van der Waals surface area contributed by atoms with Gasteiger partial charge in [0.05, 0.1) is 15.3 Å². The van der Waals surface area contributed by atoms with Crippen LogP contribution in [0.5, 0.6) is 0 Å². The standard InChI is InChI=1S/C15H20N2O2S2/c1-21-15(14(16)20)6-8-17(9-7-15)10-11-2-4-12(5-3-11)13(18)19/h2-5H,6-10H2,1H3,(H2,16,20)(H,18,19). The third-order valence-electron chi connectivity index (χ3n) is 4.11. The highest BCUT2D eigenvalue weighted by atomic mass is 32.2. The molecule has 0 saturated carbocycles. The zero-order valence-electron chi connectivity index (χ0n) is 12.0. The lowest BCUT2D eigenvalue weighted by Gasteiger charge is -2.40. The average Bonchev–Trinajstić information content (AvgIpc) is 2.48. The molecular weight excluding hydrogens is 304 g/mol. The number of hydrogen-bond donors (Lipinski definition) is 2. The first kappa shape index (κ1) is 16.3. The minimum atomic E-state index is -0.888. The molecule has 1 saturated heterocycles. The number of carbonyl (C=O) groups is 1. The molecule has 0 aromatic heterocycles. The van der Waals surface area contributed by atoms with Crippen LogP contribution in [0.3, 0.4) is 0 Å². The molecule has 1 aliphatic rings. The molecule has 1 aromatic rings. The predicted molar refractivity (Wildman–Crippen MR) is 90.9 cm³/mol. The summed E-state index contributed by atoms with van der Waals surface area (Å²) in [6, 6.07) is 7.08. The van der Waals surface area contributed by atoms with Gasteiger partial charge in [-0.3, -0.25) is 4.90 Å². The Balaban J connectivity index is 1.94. The molecule has 0 spiro atoms. The summed E-state index contributed by atoms with van der Waals surface area (Å²) >= 11 is 6.97. The van der Waals surface area contributed by atoms with Crippen molar-refractivity contribution in [3.05, 3.63) is 35.4 Å². The van der Waals surface area contributed by atoms with Gasteiger partial charge < -0.3 is 10.8 Å². The largest absolute Gasteiger partial charge is 0.478 e. The van der Waals surface area contributed by atoms with E-state index in [4.69, 9.17) is 23.1 Å². The van der Waals surface area contributed by atoms with E-state index in [1.807, 2.05) is 12.1 Å². The minimum Gasteiger partial charge on any atom is -0.478 e. The fourth-order valence-electron chi connectivity index (χ4n) is 2.63. The lowest BCUT2D eigenvalue weighted by atomic mass is 9.95. The SMILES string of the molecule is CSC1(C(N)=S)CCN(Cc2ccc(C(=O)O)cc2)CC1. The molecule has 1 aromatic carbocycles. The summed E-state index contributed by atoms with van der Waals surface area (Å²) in [4.78, 5) is 13.8. The lowest BCUT2D eigenvalue weighted by Crippen LogP contribution is -2.48. The molecule has 1 fully saturated rings. The molecule has 0 atom stereocenters. The van der Waals surface area contributed by atoms with E-state index in [1.165, 1.54) is 0 Å². The maximum atomic E-state index is 10.8. The first-order chi connectivity index (χ1) is 9.97. The molecule has 0 unspecified atom stereocenters. The van der Waals surface area contributed by atoms with Crippen LogP contribution in [-0.4, -0.2) is 45.1 Å². The Hall–Kier alpha value is -1.11. The molecule has 0 aliphatic carbocycles. The molecule has 0 amide bonds. The summed E-state index contributed by atoms with van der Waals surface area (Å²) in [5, 5.41) is 8.90. The number of hydrogen-bond acceptors (Lipinski definition) is 4. The summed E-state index contributed by atoms with van der Waals surface area (Å²) in [6.45, 7) is 2.75. The molecule has 3 N–H and O–H groups in total. The van der Waals surface area contributed by atoms with Crippen molar-refractivity contribution in [2.45, 2.75) is 24.1 Å². The van der Waals surface area contributed by atoms with Gasteiger partial charge in [0.25, 0.3) is 0 Å². The van der Waals surface area contributed by atoms with Gasteiger partial charge in [0.15, 0.2) is 0 Å². The lowest BCUT2D eigenvalue weighted by molar-refractivity contribution is 0.0697. The van der Waals surface area contributed by atoms with Crippen molar-refractivity contribution in [2.24, 2.45) is 5.73 Å². The highest BCUT2D eigenvalue weighted by Gasteiger charge is 2.36. The quantitative estimate of drug-likeness (QED) is 0.811. The van der Waals surface area contributed by atoms with Crippen LogP contribution in [0.25, 0.3) is 0 Å². The molecular formula is C15H20N2O2S2. The Morgan fingerprint density at radius 2 is 1.95 bits per heavy atom. The molecule has 6 heteroatoms. The number of aromatic carboxylic acids is 1. The van der Waals surface area contributed by atoms with E-state index in [-0.39, 0.29) is 4.75 Å². The van der Waals surface area contributed by atoms with E-state index in [1.54, 1.807) is 23.9 Å². The van der Waals surface area contributed by atoms with Gasteiger partial charge in [-0.15, -0.1) is 0 Å². The molecule has 21 heavy (non-hydrogen) atoms. The van der Waals surface area contributed by atoms with E-state index in [0.717, 1.165) is 38.0 Å². The summed E-state index contributed by atoms with van der Waals surface area (Å²) in [5.74, 6) is -0.888. The number of likely N-dealkylation sites (tertiary alicyclic amines) is 1. The summed E-state index contributed by atoms with van der Waals surface area (Å²) in [6.07, 6.45) is 4.01. The second-order valence-electron chi connectivity index (χ2n) is 5.34. The first-order valence-electron chi connectivity index (χ1n) is 6.86. The number of nitrogens with zero attached hydrogens (tertiary/aromatic N) is 1. The summed E-state index contributed by atoms with van der Waals surface area (Å²) in [7, 11) is 0. The third kappa shape index (κ3) is 3.75. The average molecular weight is 324 g/mol. The number of nitrogens with two attached hydrogens (primary N) is 1. The van der Waals surface area contributed by atoms with Gasteiger partial charge in [0.2, 0.25) is 0 Å². The normalized spacial score (nSPS) is 18.3. The van der Waals surface area contributed by atoms with Gasteiger partial charge in [-0.2, -0.15) is 11.8 Å². The first-order valence-corrected chi connectivity index (χ1v) is 8.50. The van der Waals surface area contributed by atoms with Crippen LogP contribution < -0.4 is 5.73 Å². The molecule has 4 nitrogen and oxygen atoms in total. The Morgan fingerprint density at radius 1 is 1.38 bits per heavy atom. The van der Waals surface area contributed by atoms with Gasteiger partial charge in [-0.05, 0) is 36.8 Å². The van der Waals surface area contributed by atoms with Gasteiger partial charge in [-0.1, -0.05) is 24.4 Å². The third-order valence-corrected chi connectivity index (χ3v) is 6.04. The number of carboxylic acid groups (broad SMARTS) is 1. The highest BCUT2D eigenvalue weighted by molar-refractivity contribution is 8.02. The monoisotopic (exact) mass is 324 g/mol. The highest BCUT2D eigenvalue weighted by Crippen LogP contribution is 2.35. The van der Waals surface area contributed by atoms with Crippen molar-refractivity contribution in [1.82, 2.24) is 4.90 Å². The Kier molecular flexibility index (Phi) is 5.24. The van der Waals surface area contributed by atoms with E-state index >= 15 is 0 Å². The van der Waals surface area contributed by atoms with Crippen LogP contribution in [0.1, 0.15) is 28.8 Å². The number of benzene rings is 1. The van der Waals surface area contributed by atoms with Crippen LogP contribution in [0.15, 0.2) is 24.3 Å². The van der Waals surface area contributed by atoms with E-state index < -0.39 is 5.97 Å². The van der Waals surface area contributed by atoms with Crippen molar-refractivity contribution < 1.29 is 9.90 Å². The zero-order valence-corrected chi connectivity index (χ0v) is 13.7. The number of thioether (sulfide) groups is 1. The smallest absolute Gasteiger partial charge is 0.335 e. The fourth-order valence-corrected chi connectivity index (χ4v) is 3.88. The Labute approximate surface area is 134 Å². The number of thiocarbonyl (C=S) groups is 1. The van der Waals surface area contributed by atoms with Crippen molar-refractivity contribution >= 4 is 34.9 Å². The Bertz CT molecular complexity index is 523. The number of carboxylic acids is 1. The number of piperidine rings is 1. The van der Waals surface area contributed by atoms with Crippen LogP contribution in [0.4, 0.5) is 0 Å². The van der Waals surface area contributed by atoms with Gasteiger partial charge in [0, 0.05) is 19.6 Å². The summed E-state index contributed by atoms with van der Waals surface area (Å²) < 4.78 is -0.0565. The minimum absolute atomic E-state index is 0.0565. The maximum absolute atomic E-state index is 10.8. The summed E-state index contributed by atoms with van der Waals surface area (Å²) in [5.41, 5.74) is 7.35. The number of rotatable bonds is 5. The van der Waals surface area contributed by atoms with Crippen LogP contribution in [0.2, 0.25) is 0 Å². The molecule has 0 radical (unpaired) electrons. The van der Waals surface area contributed by atoms with E-state index in [0.29, 0.717) is 10.6 Å². The molecule has 1 aliphatic heterocycles. The predicted octanol–water partition coefficient (Wildman–Crippen LogP) is 2.37. The fraction of sp³-hybridized carbons (Fsp3) is 0.467. The molecule has 0 bridgehead atoms. The van der Waals surface area contributed by atoms with Gasteiger partial charge in [-0.25, -0.2) is 4.79 Å². The van der Waals surface area contributed by atoms with E-state index in [2.05, 4.69) is 11.2 Å². The van der Waals surface area contributed by atoms with E-state index in [9.17, 15) is 4.79 Å². The van der Waals surface area contributed by atoms with Crippen LogP contribution >= 0.6 is 24.0 Å². The van der Waals surface area contributed by atoms with Crippen molar-refractivity contribution in [2.75, 3.05) is 19.3 Å². The molecule has 2 rings (SSSR count). The second-order valence-corrected chi connectivity index (χ2v) is 6.97. The zero-order chi connectivity index (χ0) is 15.5.